The fraction of sp³-hybridized carbons (Fsp3) is 0.125. The molecule has 1 aromatic carbocycles. The van der Waals surface area contributed by atoms with E-state index in [0.717, 1.165) is 5.69 Å². The summed E-state index contributed by atoms with van der Waals surface area (Å²) in [5.74, 6) is -0.396. The number of rotatable bonds is 0. The predicted molar refractivity (Wildman–Crippen MR) is 45.2 cm³/mol. The minimum atomic E-state index is -0.396. The van der Waals surface area contributed by atoms with Crippen molar-refractivity contribution in [3.8, 4) is 0 Å². The number of aromatic nitrogens is 2. The monoisotopic (exact) mass is 165 g/mol. The molecule has 0 aliphatic rings. The second-order valence-electron chi connectivity index (χ2n) is 2.70. The van der Waals surface area contributed by atoms with E-state index in [1.807, 2.05) is 6.92 Å². The Morgan fingerprint density at radius 3 is 3.00 bits per heavy atom. The molecular formula is C8H8FN3. The van der Waals surface area contributed by atoms with E-state index >= 15 is 0 Å². The van der Waals surface area contributed by atoms with Crippen LogP contribution >= 0.6 is 0 Å². The van der Waals surface area contributed by atoms with E-state index < -0.39 is 5.82 Å². The van der Waals surface area contributed by atoms with E-state index in [0.29, 0.717) is 10.9 Å². The van der Waals surface area contributed by atoms with E-state index in [1.54, 1.807) is 6.07 Å². The molecule has 0 radical (unpaired) electrons. The fourth-order valence-corrected chi connectivity index (χ4v) is 1.27. The largest absolute Gasteiger partial charge is 0.396 e. The molecule has 2 aromatic rings. The smallest absolute Gasteiger partial charge is 0.146 e. The SMILES string of the molecule is Cc1[nH]nc2ccc(F)c(N)c12. The molecule has 3 nitrogen and oxygen atoms in total. The van der Waals surface area contributed by atoms with Crippen LogP contribution in [0.3, 0.4) is 0 Å². The Balaban J connectivity index is 2.96. The molecule has 0 amide bonds. The molecule has 3 N–H and O–H groups in total. The van der Waals surface area contributed by atoms with Crippen molar-refractivity contribution in [3.63, 3.8) is 0 Å². The second kappa shape index (κ2) is 2.20. The van der Waals surface area contributed by atoms with Crippen molar-refractivity contribution < 1.29 is 4.39 Å². The number of H-pyrrole nitrogens is 1. The first-order chi connectivity index (χ1) is 5.70. The molecule has 0 saturated heterocycles. The van der Waals surface area contributed by atoms with Gasteiger partial charge in [-0.1, -0.05) is 0 Å². The Morgan fingerprint density at radius 1 is 1.50 bits per heavy atom. The molecule has 0 atom stereocenters. The lowest BCUT2D eigenvalue weighted by atomic mass is 10.2. The van der Waals surface area contributed by atoms with Gasteiger partial charge in [0, 0.05) is 11.1 Å². The van der Waals surface area contributed by atoms with Gasteiger partial charge in [-0.05, 0) is 19.1 Å². The van der Waals surface area contributed by atoms with Gasteiger partial charge in [-0.2, -0.15) is 5.10 Å². The van der Waals surface area contributed by atoms with Crippen LogP contribution in [0.25, 0.3) is 10.9 Å². The fourth-order valence-electron chi connectivity index (χ4n) is 1.27. The lowest BCUT2D eigenvalue weighted by molar-refractivity contribution is 0.634. The maximum atomic E-state index is 12.9. The van der Waals surface area contributed by atoms with E-state index in [-0.39, 0.29) is 5.69 Å². The van der Waals surface area contributed by atoms with Gasteiger partial charge in [0.05, 0.1) is 11.2 Å². The molecular weight excluding hydrogens is 157 g/mol. The van der Waals surface area contributed by atoms with Crippen LogP contribution in [-0.2, 0) is 0 Å². The second-order valence-corrected chi connectivity index (χ2v) is 2.70. The lowest BCUT2D eigenvalue weighted by Crippen LogP contribution is -1.91. The number of nitrogen functional groups attached to an aromatic ring is 1. The number of halogens is 1. The minimum absolute atomic E-state index is 0.166. The number of aryl methyl sites for hydroxylation is 1. The quantitative estimate of drug-likeness (QED) is 0.582. The van der Waals surface area contributed by atoms with Crippen LogP contribution in [0.4, 0.5) is 10.1 Å². The summed E-state index contributed by atoms with van der Waals surface area (Å²) in [5, 5.41) is 7.37. The Hall–Kier alpha value is -1.58. The number of nitrogens with two attached hydrogens (primary N) is 1. The summed E-state index contributed by atoms with van der Waals surface area (Å²) in [5.41, 5.74) is 7.19. The predicted octanol–water partition coefficient (Wildman–Crippen LogP) is 1.59. The third-order valence-electron chi connectivity index (χ3n) is 1.89. The molecule has 1 heterocycles. The zero-order valence-electron chi connectivity index (χ0n) is 6.56. The molecule has 0 aliphatic carbocycles. The van der Waals surface area contributed by atoms with Crippen molar-refractivity contribution in [1.29, 1.82) is 0 Å². The van der Waals surface area contributed by atoms with Crippen molar-refractivity contribution in [2.24, 2.45) is 0 Å². The van der Waals surface area contributed by atoms with Crippen molar-refractivity contribution in [2.75, 3.05) is 5.73 Å². The van der Waals surface area contributed by atoms with Crippen molar-refractivity contribution in [3.05, 3.63) is 23.6 Å². The zero-order chi connectivity index (χ0) is 8.72. The van der Waals surface area contributed by atoms with E-state index in [2.05, 4.69) is 10.2 Å². The molecule has 62 valence electrons. The summed E-state index contributed by atoms with van der Waals surface area (Å²) in [4.78, 5) is 0. The zero-order valence-corrected chi connectivity index (χ0v) is 6.56. The Bertz CT molecular complexity index is 433. The molecule has 0 saturated carbocycles. The van der Waals surface area contributed by atoms with Crippen molar-refractivity contribution in [2.45, 2.75) is 6.92 Å². The van der Waals surface area contributed by atoms with Gasteiger partial charge in [0.1, 0.15) is 5.82 Å². The molecule has 0 bridgehead atoms. The number of benzene rings is 1. The molecule has 2 rings (SSSR count). The first-order valence-electron chi connectivity index (χ1n) is 3.59. The Morgan fingerprint density at radius 2 is 2.25 bits per heavy atom. The maximum absolute atomic E-state index is 12.9. The Kier molecular flexibility index (Phi) is 1.30. The molecule has 0 fully saturated rings. The van der Waals surface area contributed by atoms with Crippen LogP contribution < -0.4 is 5.73 Å². The summed E-state index contributed by atoms with van der Waals surface area (Å²) in [6.07, 6.45) is 0. The van der Waals surface area contributed by atoms with Crippen LogP contribution in [0.1, 0.15) is 5.69 Å². The highest BCUT2D eigenvalue weighted by atomic mass is 19.1. The lowest BCUT2D eigenvalue weighted by Gasteiger charge is -1.97. The standard InChI is InChI=1S/C8H8FN3/c1-4-7-6(12-11-4)3-2-5(9)8(7)10/h2-3H,10H2,1H3,(H,11,12). The molecule has 12 heavy (non-hydrogen) atoms. The maximum Gasteiger partial charge on any atom is 0.146 e. The van der Waals surface area contributed by atoms with Gasteiger partial charge in [0.2, 0.25) is 0 Å². The van der Waals surface area contributed by atoms with Gasteiger partial charge in [0.25, 0.3) is 0 Å². The van der Waals surface area contributed by atoms with E-state index in [1.165, 1.54) is 6.07 Å². The number of aromatic amines is 1. The number of fused-ring (bicyclic) bond motifs is 1. The molecule has 0 unspecified atom stereocenters. The van der Waals surface area contributed by atoms with Gasteiger partial charge in [-0.25, -0.2) is 4.39 Å². The number of hydrogen-bond acceptors (Lipinski definition) is 2. The number of anilines is 1. The summed E-state index contributed by atoms with van der Waals surface area (Å²) in [6, 6.07) is 2.92. The number of hydrogen-bond donors (Lipinski definition) is 2. The van der Waals surface area contributed by atoms with Gasteiger partial charge >= 0.3 is 0 Å². The van der Waals surface area contributed by atoms with E-state index in [4.69, 9.17) is 5.73 Å². The number of nitrogens with zero attached hydrogens (tertiary/aromatic N) is 1. The first kappa shape index (κ1) is 7.09. The van der Waals surface area contributed by atoms with Gasteiger partial charge in [-0.15, -0.1) is 0 Å². The van der Waals surface area contributed by atoms with E-state index in [9.17, 15) is 4.39 Å². The average Bonchev–Trinajstić information content (AvgIpc) is 2.41. The molecule has 1 aromatic heterocycles. The third kappa shape index (κ3) is 0.777. The van der Waals surface area contributed by atoms with Gasteiger partial charge < -0.3 is 5.73 Å². The summed E-state index contributed by atoms with van der Waals surface area (Å²) >= 11 is 0. The van der Waals surface area contributed by atoms with Crippen LogP contribution in [-0.4, -0.2) is 10.2 Å². The topological polar surface area (TPSA) is 54.7 Å². The highest BCUT2D eigenvalue weighted by molar-refractivity contribution is 5.92. The first-order valence-corrected chi connectivity index (χ1v) is 3.59. The Labute approximate surface area is 68.4 Å². The van der Waals surface area contributed by atoms with Crippen LogP contribution in [0.15, 0.2) is 12.1 Å². The summed E-state index contributed by atoms with van der Waals surface area (Å²) in [6.45, 7) is 1.81. The van der Waals surface area contributed by atoms with Crippen LogP contribution in [0.2, 0.25) is 0 Å². The van der Waals surface area contributed by atoms with Crippen LogP contribution in [0, 0.1) is 12.7 Å². The van der Waals surface area contributed by atoms with Crippen molar-refractivity contribution >= 4 is 16.6 Å². The van der Waals surface area contributed by atoms with Crippen LogP contribution in [0.5, 0.6) is 0 Å². The summed E-state index contributed by atoms with van der Waals surface area (Å²) in [7, 11) is 0. The van der Waals surface area contributed by atoms with Gasteiger partial charge in [-0.3, -0.25) is 5.10 Å². The molecule has 0 spiro atoms. The molecule has 0 aliphatic heterocycles. The summed E-state index contributed by atoms with van der Waals surface area (Å²) < 4.78 is 12.9. The normalized spacial score (nSPS) is 10.8. The minimum Gasteiger partial charge on any atom is -0.396 e. The molecule has 4 heteroatoms. The third-order valence-corrected chi connectivity index (χ3v) is 1.89. The highest BCUT2D eigenvalue weighted by Gasteiger charge is 2.08. The number of nitrogens with one attached hydrogen (secondary N) is 1. The highest BCUT2D eigenvalue weighted by Crippen LogP contribution is 2.24. The average molecular weight is 165 g/mol. The van der Waals surface area contributed by atoms with Crippen molar-refractivity contribution in [1.82, 2.24) is 10.2 Å². The van der Waals surface area contributed by atoms with Gasteiger partial charge in [0.15, 0.2) is 0 Å².